The maximum Gasteiger partial charge on any atom is 0.418 e. The smallest absolute Gasteiger partial charge is 0.418 e. The Morgan fingerprint density at radius 3 is 2.22 bits per heavy atom. The molecule has 6 nitrogen and oxygen atoms in total. The molecule has 2 amide bonds. The molecule has 0 unspecified atom stereocenters. The summed E-state index contributed by atoms with van der Waals surface area (Å²) in [5.41, 5.74) is -1.73. The van der Waals surface area contributed by atoms with Gasteiger partial charge in [-0.3, -0.25) is 9.69 Å². The second-order valence-electron chi connectivity index (χ2n) is 7.34. The van der Waals surface area contributed by atoms with E-state index >= 15 is 0 Å². The molecule has 0 radical (unpaired) electrons. The topological polar surface area (TPSA) is 61.9 Å². The molecule has 0 bridgehead atoms. The van der Waals surface area contributed by atoms with E-state index in [-0.39, 0.29) is 12.2 Å². The number of benzene rings is 1. The number of piperazine rings is 1. The van der Waals surface area contributed by atoms with Crippen LogP contribution in [0.3, 0.4) is 0 Å². The van der Waals surface area contributed by atoms with Crippen molar-refractivity contribution in [2.45, 2.75) is 32.5 Å². The molecular weight excluding hydrogens is 363 g/mol. The predicted octanol–water partition coefficient (Wildman–Crippen LogP) is 3.20. The fourth-order valence-corrected chi connectivity index (χ4v) is 2.65. The number of carbonyl (C=O) groups excluding carboxylic acids is 2. The van der Waals surface area contributed by atoms with Crippen LogP contribution in [0.5, 0.6) is 0 Å². The van der Waals surface area contributed by atoms with Crippen molar-refractivity contribution in [2.75, 3.05) is 38.0 Å². The van der Waals surface area contributed by atoms with Crippen LogP contribution in [0.1, 0.15) is 26.3 Å². The van der Waals surface area contributed by atoms with Gasteiger partial charge in [0.25, 0.3) is 0 Å². The monoisotopic (exact) mass is 387 g/mol. The van der Waals surface area contributed by atoms with Gasteiger partial charge in [0, 0.05) is 26.2 Å². The van der Waals surface area contributed by atoms with Crippen LogP contribution in [0.25, 0.3) is 0 Å². The van der Waals surface area contributed by atoms with Crippen molar-refractivity contribution in [1.82, 2.24) is 9.80 Å². The zero-order chi connectivity index (χ0) is 20.2. The van der Waals surface area contributed by atoms with E-state index in [0.717, 1.165) is 6.07 Å². The third kappa shape index (κ3) is 6.42. The Morgan fingerprint density at radius 1 is 1.07 bits per heavy atom. The van der Waals surface area contributed by atoms with E-state index in [9.17, 15) is 22.8 Å². The van der Waals surface area contributed by atoms with Gasteiger partial charge < -0.3 is 15.0 Å². The summed E-state index contributed by atoms with van der Waals surface area (Å²) in [4.78, 5) is 27.5. The number of amides is 2. The highest BCUT2D eigenvalue weighted by atomic mass is 19.4. The minimum Gasteiger partial charge on any atom is -0.444 e. The van der Waals surface area contributed by atoms with Crippen LogP contribution in [0.4, 0.5) is 23.7 Å². The molecule has 1 N–H and O–H groups in total. The summed E-state index contributed by atoms with van der Waals surface area (Å²) < 4.78 is 44.2. The lowest BCUT2D eigenvalue weighted by molar-refractivity contribution is -0.137. The molecule has 2 rings (SSSR count). The molecule has 1 aliphatic rings. The van der Waals surface area contributed by atoms with E-state index < -0.39 is 29.3 Å². The third-order valence-electron chi connectivity index (χ3n) is 3.90. The van der Waals surface area contributed by atoms with Crippen LogP contribution < -0.4 is 5.32 Å². The van der Waals surface area contributed by atoms with Gasteiger partial charge in [0.15, 0.2) is 0 Å². The number of hydrogen-bond acceptors (Lipinski definition) is 4. The number of alkyl halides is 3. The summed E-state index contributed by atoms with van der Waals surface area (Å²) in [5.74, 6) is -0.530. The number of para-hydroxylation sites is 1. The summed E-state index contributed by atoms with van der Waals surface area (Å²) in [5, 5.41) is 2.32. The van der Waals surface area contributed by atoms with Gasteiger partial charge in [0.1, 0.15) is 5.60 Å². The largest absolute Gasteiger partial charge is 0.444 e. The highest BCUT2D eigenvalue weighted by Gasteiger charge is 2.34. The minimum atomic E-state index is -4.54. The van der Waals surface area contributed by atoms with Gasteiger partial charge in [-0.05, 0) is 32.9 Å². The maximum absolute atomic E-state index is 13.0. The van der Waals surface area contributed by atoms with E-state index in [4.69, 9.17) is 4.74 Å². The summed E-state index contributed by atoms with van der Waals surface area (Å²) in [6.07, 6.45) is -4.95. The van der Waals surface area contributed by atoms with Gasteiger partial charge >= 0.3 is 12.3 Å². The Labute approximate surface area is 156 Å². The number of nitrogens with zero attached hydrogens (tertiary/aromatic N) is 2. The quantitative estimate of drug-likeness (QED) is 0.865. The van der Waals surface area contributed by atoms with Crippen molar-refractivity contribution in [2.24, 2.45) is 0 Å². The summed E-state index contributed by atoms with van der Waals surface area (Å²) in [7, 11) is 0. The highest BCUT2D eigenvalue weighted by molar-refractivity contribution is 5.93. The number of nitrogens with one attached hydrogen (secondary N) is 1. The lowest BCUT2D eigenvalue weighted by atomic mass is 10.1. The van der Waals surface area contributed by atoms with Crippen LogP contribution in [-0.4, -0.2) is 60.1 Å². The van der Waals surface area contributed by atoms with E-state index in [1.54, 1.807) is 30.6 Å². The Bertz CT molecular complexity index is 678. The molecule has 0 saturated carbocycles. The van der Waals surface area contributed by atoms with Crippen molar-refractivity contribution >= 4 is 17.7 Å². The van der Waals surface area contributed by atoms with Gasteiger partial charge in [0.05, 0.1) is 17.8 Å². The van der Waals surface area contributed by atoms with Crippen molar-refractivity contribution in [1.29, 1.82) is 0 Å². The predicted molar refractivity (Wildman–Crippen MR) is 94.3 cm³/mol. The molecule has 150 valence electrons. The van der Waals surface area contributed by atoms with Gasteiger partial charge in [-0.1, -0.05) is 12.1 Å². The zero-order valence-electron chi connectivity index (χ0n) is 15.6. The number of rotatable bonds is 3. The summed E-state index contributed by atoms with van der Waals surface area (Å²) in [6.45, 7) is 6.96. The van der Waals surface area contributed by atoms with Crippen LogP contribution in [0.2, 0.25) is 0 Å². The van der Waals surface area contributed by atoms with Crippen LogP contribution in [-0.2, 0) is 15.7 Å². The first kappa shape index (κ1) is 21.0. The zero-order valence-corrected chi connectivity index (χ0v) is 15.6. The van der Waals surface area contributed by atoms with E-state index in [1.165, 1.54) is 18.2 Å². The molecule has 9 heteroatoms. The third-order valence-corrected chi connectivity index (χ3v) is 3.90. The van der Waals surface area contributed by atoms with Crippen molar-refractivity contribution < 1.29 is 27.5 Å². The van der Waals surface area contributed by atoms with Gasteiger partial charge in [-0.2, -0.15) is 13.2 Å². The molecule has 0 atom stereocenters. The lowest BCUT2D eigenvalue weighted by Crippen LogP contribution is -2.51. The standard InChI is InChI=1S/C18H24F3N3O3/c1-17(2,3)27-16(26)24-10-8-23(9-11-24)12-15(25)22-14-7-5-4-6-13(14)18(19,20)21/h4-7H,8-12H2,1-3H3,(H,22,25). The fourth-order valence-electron chi connectivity index (χ4n) is 2.65. The Morgan fingerprint density at radius 2 is 1.67 bits per heavy atom. The number of anilines is 1. The molecule has 0 aromatic heterocycles. The molecule has 1 fully saturated rings. The van der Waals surface area contributed by atoms with Gasteiger partial charge in [0.2, 0.25) is 5.91 Å². The first-order chi connectivity index (χ1) is 12.5. The van der Waals surface area contributed by atoms with E-state index in [2.05, 4.69) is 5.32 Å². The van der Waals surface area contributed by atoms with Crippen LogP contribution in [0, 0.1) is 0 Å². The van der Waals surface area contributed by atoms with Crippen molar-refractivity contribution in [3.8, 4) is 0 Å². The average molecular weight is 387 g/mol. The molecular formula is C18H24F3N3O3. The second kappa shape index (κ2) is 8.16. The van der Waals surface area contributed by atoms with Crippen LogP contribution >= 0.6 is 0 Å². The first-order valence-electron chi connectivity index (χ1n) is 8.62. The molecule has 1 aromatic carbocycles. The molecule has 27 heavy (non-hydrogen) atoms. The molecule has 1 heterocycles. The molecule has 1 aliphatic heterocycles. The summed E-state index contributed by atoms with van der Waals surface area (Å²) in [6, 6.07) is 4.86. The van der Waals surface area contributed by atoms with E-state index in [0.29, 0.717) is 26.2 Å². The molecule has 0 aliphatic carbocycles. The van der Waals surface area contributed by atoms with E-state index in [1.807, 2.05) is 0 Å². The number of carbonyl (C=O) groups is 2. The average Bonchev–Trinajstić information content (AvgIpc) is 2.53. The highest BCUT2D eigenvalue weighted by Crippen LogP contribution is 2.34. The Balaban J connectivity index is 1.86. The second-order valence-corrected chi connectivity index (χ2v) is 7.34. The van der Waals surface area contributed by atoms with Crippen molar-refractivity contribution in [3.05, 3.63) is 29.8 Å². The van der Waals surface area contributed by atoms with Gasteiger partial charge in [-0.25, -0.2) is 4.79 Å². The number of hydrogen-bond donors (Lipinski definition) is 1. The Hall–Kier alpha value is -2.29. The van der Waals surface area contributed by atoms with Crippen LogP contribution in [0.15, 0.2) is 24.3 Å². The minimum absolute atomic E-state index is 0.0473. The van der Waals surface area contributed by atoms with Crippen molar-refractivity contribution in [3.63, 3.8) is 0 Å². The molecule has 1 aromatic rings. The summed E-state index contributed by atoms with van der Waals surface area (Å²) >= 11 is 0. The lowest BCUT2D eigenvalue weighted by Gasteiger charge is -2.35. The number of ether oxygens (including phenoxy) is 1. The molecule has 1 saturated heterocycles. The molecule has 0 spiro atoms. The maximum atomic E-state index is 13.0. The normalized spacial score (nSPS) is 16.1. The van der Waals surface area contributed by atoms with Gasteiger partial charge in [-0.15, -0.1) is 0 Å². The first-order valence-corrected chi connectivity index (χ1v) is 8.62. The SMILES string of the molecule is CC(C)(C)OC(=O)N1CCN(CC(=O)Nc2ccccc2C(F)(F)F)CC1. The number of halogens is 3. The Kier molecular flexibility index (Phi) is 6.35. The fraction of sp³-hybridized carbons (Fsp3) is 0.556.